The molecule has 2 aromatic rings. The molecular formula is C15H19ClN2. The normalized spacial score (nSPS) is 12.7. The lowest BCUT2D eigenvalue weighted by atomic mass is 9.95. The van der Waals surface area contributed by atoms with Crippen LogP contribution in [0.2, 0.25) is 0 Å². The maximum atomic E-state index is 6.12. The maximum Gasteiger partial charge on any atom is 0.0596 e. The zero-order valence-corrected chi connectivity index (χ0v) is 11.9. The Morgan fingerprint density at radius 1 is 1.22 bits per heavy atom. The zero-order valence-electron chi connectivity index (χ0n) is 11.2. The first kappa shape index (κ1) is 13.2. The van der Waals surface area contributed by atoms with Crippen LogP contribution in [0.15, 0.2) is 30.3 Å². The fourth-order valence-electron chi connectivity index (χ4n) is 2.21. The van der Waals surface area contributed by atoms with Crippen molar-refractivity contribution in [3.05, 3.63) is 52.8 Å². The van der Waals surface area contributed by atoms with Crippen LogP contribution < -0.4 is 0 Å². The van der Waals surface area contributed by atoms with Gasteiger partial charge in [-0.05, 0) is 31.9 Å². The molecule has 96 valence electrons. The highest BCUT2D eigenvalue weighted by atomic mass is 35.5. The van der Waals surface area contributed by atoms with E-state index in [2.05, 4.69) is 42.4 Å². The quantitative estimate of drug-likeness (QED) is 0.770. The lowest BCUT2D eigenvalue weighted by Gasteiger charge is -2.14. The Labute approximate surface area is 114 Å². The van der Waals surface area contributed by atoms with Gasteiger partial charge in [0.15, 0.2) is 0 Å². The van der Waals surface area contributed by atoms with Crippen LogP contribution in [0.5, 0.6) is 0 Å². The van der Waals surface area contributed by atoms with Crippen LogP contribution in [0.3, 0.4) is 0 Å². The van der Waals surface area contributed by atoms with E-state index in [0.717, 1.165) is 12.1 Å². The fraction of sp³-hybridized carbons (Fsp3) is 0.400. The third-order valence-corrected chi connectivity index (χ3v) is 3.66. The van der Waals surface area contributed by atoms with Crippen LogP contribution in [0.1, 0.15) is 28.4 Å². The van der Waals surface area contributed by atoms with Crippen LogP contribution >= 0.6 is 11.6 Å². The number of hydrogen-bond donors (Lipinski definition) is 0. The van der Waals surface area contributed by atoms with E-state index in [0.29, 0.717) is 11.8 Å². The minimum absolute atomic E-state index is 0.349. The predicted octanol–water partition coefficient (Wildman–Crippen LogP) is 3.60. The number of halogens is 1. The minimum Gasteiger partial charge on any atom is -0.272 e. The number of nitrogens with zero attached hydrogens (tertiary/aromatic N) is 2. The van der Waals surface area contributed by atoms with Crippen LogP contribution in [0.25, 0.3) is 0 Å². The second-order valence-corrected chi connectivity index (χ2v) is 5.18. The Kier molecular flexibility index (Phi) is 4.07. The molecule has 1 heterocycles. The molecule has 0 spiro atoms. The average molecular weight is 263 g/mol. The SMILES string of the molecule is Cc1ccc(C(CCl)Cc2cc(C)nn2C)cc1. The molecule has 0 saturated heterocycles. The highest BCUT2D eigenvalue weighted by Gasteiger charge is 2.13. The molecule has 1 atom stereocenters. The van der Waals surface area contributed by atoms with Gasteiger partial charge in [-0.2, -0.15) is 5.10 Å². The van der Waals surface area contributed by atoms with Crippen LogP contribution in [0.4, 0.5) is 0 Å². The molecule has 0 saturated carbocycles. The van der Waals surface area contributed by atoms with E-state index in [4.69, 9.17) is 11.6 Å². The lowest BCUT2D eigenvalue weighted by Crippen LogP contribution is -2.08. The van der Waals surface area contributed by atoms with Gasteiger partial charge in [0, 0.05) is 24.5 Å². The summed E-state index contributed by atoms with van der Waals surface area (Å²) in [5.74, 6) is 0.981. The molecule has 0 fully saturated rings. The van der Waals surface area contributed by atoms with Gasteiger partial charge in [0.2, 0.25) is 0 Å². The molecule has 0 N–H and O–H groups in total. The summed E-state index contributed by atoms with van der Waals surface area (Å²) in [7, 11) is 1.99. The van der Waals surface area contributed by atoms with E-state index >= 15 is 0 Å². The molecule has 3 heteroatoms. The van der Waals surface area contributed by atoms with E-state index < -0.39 is 0 Å². The van der Waals surface area contributed by atoms with Crippen molar-refractivity contribution in [1.82, 2.24) is 9.78 Å². The van der Waals surface area contributed by atoms with Gasteiger partial charge in [-0.3, -0.25) is 4.68 Å². The van der Waals surface area contributed by atoms with Gasteiger partial charge in [-0.15, -0.1) is 11.6 Å². The van der Waals surface area contributed by atoms with Crippen molar-refractivity contribution in [2.45, 2.75) is 26.2 Å². The molecule has 0 aliphatic heterocycles. The Morgan fingerprint density at radius 2 is 1.89 bits per heavy atom. The highest BCUT2D eigenvalue weighted by Crippen LogP contribution is 2.23. The lowest BCUT2D eigenvalue weighted by molar-refractivity contribution is 0.657. The van der Waals surface area contributed by atoms with Crippen molar-refractivity contribution < 1.29 is 0 Å². The van der Waals surface area contributed by atoms with Crippen molar-refractivity contribution in [3.8, 4) is 0 Å². The van der Waals surface area contributed by atoms with Crippen molar-refractivity contribution in [2.75, 3.05) is 5.88 Å². The molecule has 1 aromatic heterocycles. The van der Waals surface area contributed by atoms with E-state index in [-0.39, 0.29) is 0 Å². The smallest absolute Gasteiger partial charge is 0.0596 e. The summed E-state index contributed by atoms with van der Waals surface area (Å²) in [5.41, 5.74) is 4.88. The van der Waals surface area contributed by atoms with Crippen molar-refractivity contribution >= 4 is 11.6 Å². The Morgan fingerprint density at radius 3 is 2.39 bits per heavy atom. The van der Waals surface area contributed by atoms with Crippen LogP contribution in [-0.2, 0) is 13.5 Å². The van der Waals surface area contributed by atoms with E-state index in [1.807, 2.05) is 18.7 Å². The van der Waals surface area contributed by atoms with Crippen LogP contribution in [-0.4, -0.2) is 15.7 Å². The number of rotatable bonds is 4. The first-order valence-electron chi connectivity index (χ1n) is 6.22. The minimum atomic E-state index is 0.349. The van der Waals surface area contributed by atoms with Gasteiger partial charge >= 0.3 is 0 Å². The number of aromatic nitrogens is 2. The number of benzene rings is 1. The van der Waals surface area contributed by atoms with Crippen molar-refractivity contribution in [2.24, 2.45) is 7.05 Å². The molecule has 0 radical (unpaired) electrons. The third kappa shape index (κ3) is 2.94. The summed E-state index contributed by atoms with van der Waals surface area (Å²) in [6.45, 7) is 4.12. The van der Waals surface area contributed by atoms with E-state index in [1.165, 1.54) is 16.8 Å². The molecular weight excluding hydrogens is 244 g/mol. The molecule has 0 aliphatic carbocycles. The van der Waals surface area contributed by atoms with Crippen molar-refractivity contribution in [1.29, 1.82) is 0 Å². The Bertz CT molecular complexity index is 514. The molecule has 2 rings (SSSR count). The van der Waals surface area contributed by atoms with Gasteiger partial charge in [0.25, 0.3) is 0 Å². The number of alkyl halides is 1. The third-order valence-electron chi connectivity index (χ3n) is 3.29. The molecule has 18 heavy (non-hydrogen) atoms. The van der Waals surface area contributed by atoms with E-state index in [1.54, 1.807) is 0 Å². The summed E-state index contributed by atoms with van der Waals surface area (Å²) >= 11 is 6.12. The molecule has 0 amide bonds. The zero-order chi connectivity index (χ0) is 13.1. The van der Waals surface area contributed by atoms with E-state index in [9.17, 15) is 0 Å². The summed E-state index contributed by atoms with van der Waals surface area (Å²) in [6, 6.07) is 10.8. The second kappa shape index (κ2) is 5.57. The van der Waals surface area contributed by atoms with Gasteiger partial charge in [0.05, 0.1) is 5.69 Å². The largest absolute Gasteiger partial charge is 0.272 e. The summed E-state index contributed by atoms with van der Waals surface area (Å²) in [6.07, 6.45) is 0.934. The van der Waals surface area contributed by atoms with Gasteiger partial charge in [-0.25, -0.2) is 0 Å². The van der Waals surface area contributed by atoms with Gasteiger partial charge in [0.1, 0.15) is 0 Å². The molecule has 1 aromatic carbocycles. The average Bonchev–Trinajstić information content (AvgIpc) is 2.66. The molecule has 0 bridgehead atoms. The first-order valence-corrected chi connectivity index (χ1v) is 6.75. The topological polar surface area (TPSA) is 17.8 Å². The maximum absolute atomic E-state index is 6.12. The Hall–Kier alpha value is -1.28. The summed E-state index contributed by atoms with van der Waals surface area (Å²) in [4.78, 5) is 0. The molecule has 1 unspecified atom stereocenters. The summed E-state index contributed by atoms with van der Waals surface area (Å²) < 4.78 is 1.95. The first-order chi connectivity index (χ1) is 8.60. The summed E-state index contributed by atoms with van der Waals surface area (Å²) in [5, 5.41) is 4.38. The second-order valence-electron chi connectivity index (χ2n) is 4.87. The molecule has 0 aliphatic rings. The van der Waals surface area contributed by atoms with Crippen LogP contribution in [0, 0.1) is 13.8 Å². The van der Waals surface area contributed by atoms with Gasteiger partial charge < -0.3 is 0 Å². The fourth-order valence-corrected chi connectivity index (χ4v) is 2.50. The molecule has 2 nitrogen and oxygen atoms in total. The number of hydrogen-bond acceptors (Lipinski definition) is 1. The predicted molar refractivity (Wildman–Crippen MR) is 76.3 cm³/mol. The van der Waals surface area contributed by atoms with Gasteiger partial charge in [-0.1, -0.05) is 29.8 Å². The van der Waals surface area contributed by atoms with Crippen molar-refractivity contribution in [3.63, 3.8) is 0 Å². The standard InChI is InChI=1S/C15H19ClN2/c1-11-4-6-13(7-5-11)14(10-16)9-15-8-12(2)17-18(15)3/h4-8,14H,9-10H2,1-3H3. The number of aryl methyl sites for hydroxylation is 3. The monoisotopic (exact) mass is 262 g/mol. The Balaban J connectivity index is 2.19. The highest BCUT2D eigenvalue weighted by molar-refractivity contribution is 6.18.